The van der Waals surface area contributed by atoms with E-state index in [0.29, 0.717) is 63.5 Å². The molecule has 220 valence electrons. The second kappa shape index (κ2) is 15.2. The molecule has 0 aromatic heterocycles. The topological polar surface area (TPSA) is 87.2 Å². The van der Waals surface area contributed by atoms with Crippen LogP contribution in [0.4, 0.5) is 0 Å². The van der Waals surface area contributed by atoms with E-state index >= 15 is 0 Å². The van der Waals surface area contributed by atoms with Gasteiger partial charge in [0, 0.05) is 32.2 Å². The lowest BCUT2D eigenvalue weighted by Gasteiger charge is -2.39. The second-order valence-electron chi connectivity index (χ2n) is 11.0. The molecule has 1 fully saturated rings. The zero-order chi connectivity index (χ0) is 29.1. The van der Waals surface area contributed by atoms with E-state index in [1.807, 2.05) is 73.3 Å². The maximum absolute atomic E-state index is 13.9. The number of carbonyl (C=O) groups excluding carboxylic acids is 2. The normalized spacial score (nSPS) is 14.5. The van der Waals surface area contributed by atoms with Gasteiger partial charge >= 0.3 is 0 Å². The molecule has 9 heteroatoms. The molecule has 2 aromatic rings. The molecule has 3 rings (SSSR count). The maximum atomic E-state index is 13.9. The fourth-order valence-corrected chi connectivity index (χ4v) is 6.38. The van der Waals surface area contributed by atoms with Crippen molar-refractivity contribution in [3.05, 3.63) is 65.7 Å². The standard InChI is InChI=1S/C31H45N3O5S/c1-5-21-40(37,38)33(20-15-25(2)3)23-30(35)34(22-27-12-10-9-11-26(27)4)28-16-18-32(19-17-28)31(36)24-39-29-13-7-6-8-14-29/h6-14,25,28H,5,15-24H2,1-4H3. The minimum absolute atomic E-state index is 0.0271. The molecule has 0 unspecified atom stereocenters. The number of ether oxygens (including phenoxy) is 1. The van der Waals surface area contributed by atoms with Gasteiger partial charge in [0.2, 0.25) is 15.9 Å². The van der Waals surface area contributed by atoms with Gasteiger partial charge < -0.3 is 14.5 Å². The number of sulfonamides is 1. The Morgan fingerprint density at radius 1 is 1.02 bits per heavy atom. The zero-order valence-electron chi connectivity index (χ0n) is 24.4. The lowest BCUT2D eigenvalue weighted by molar-refractivity contribution is -0.138. The highest BCUT2D eigenvalue weighted by Crippen LogP contribution is 2.22. The maximum Gasteiger partial charge on any atom is 0.260 e. The van der Waals surface area contributed by atoms with Crippen LogP contribution in [0, 0.1) is 12.8 Å². The first-order chi connectivity index (χ1) is 19.1. The lowest BCUT2D eigenvalue weighted by atomic mass is 10.0. The van der Waals surface area contributed by atoms with E-state index < -0.39 is 10.0 Å². The third kappa shape index (κ3) is 9.34. The Bertz CT molecular complexity index is 1190. The smallest absolute Gasteiger partial charge is 0.260 e. The first-order valence-corrected chi connectivity index (χ1v) is 16.0. The third-order valence-electron chi connectivity index (χ3n) is 7.41. The van der Waals surface area contributed by atoms with E-state index in [1.54, 1.807) is 4.90 Å². The predicted octanol–water partition coefficient (Wildman–Crippen LogP) is 4.48. The summed E-state index contributed by atoms with van der Waals surface area (Å²) in [6.07, 6.45) is 2.45. The van der Waals surface area contributed by atoms with Crippen molar-refractivity contribution in [1.82, 2.24) is 14.1 Å². The van der Waals surface area contributed by atoms with Gasteiger partial charge in [0.05, 0.1) is 12.3 Å². The number of piperidine rings is 1. The predicted molar refractivity (Wildman–Crippen MR) is 158 cm³/mol. The van der Waals surface area contributed by atoms with Gasteiger partial charge in [-0.2, -0.15) is 4.31 Å². The van der Waals surface area contributed by atoms with Gasteiger partial charge in [-0.25, -0.2) is 8.42 Å². The number of likely N-dealkylation sites (tertiary alicyclic amines) is 1. The van der Waals surface area contributed by atoms with Gasteiger partial charge in [-0.1, -0.05) is 63.2 Å². The SMILES string of the molecule is CCCS(=O)(=O)N(CCC(C)C)CC(=O)N(Cc1ccccc1C)C1CCN(C(=O)COc2ccccc2)CC1. The Kier molecular flexibility index (Phi) is 12.0. The molecule has 0 bridgehead atoms. The van der Waals surface area contributed by atoms with Crippen LogP contribution in [-0.2, 0) is 26.2 Å². The van der Waals surface area contributed by atoms with Crippen molar-refractivity contribution in [3.8, 4) is 5.75 Å². The summed E-state index contributed by atoms with van der Waals surface area (Å²) in [5.74, 6) is 0.737. The molecule has 0 radical (unpaired) electrons. The molecule has 40 heavy (non-hydrogen) atoms. The summed E-state index contributed by atoms with van der Waals surface area (Å²) in [4.78, 5) is 30.3. The number of amides is 2. The number of hydrogen-bond donors (Lipinski definition) is 0. The molecule has 0 aliphatic carbocycles. The van der Waals surface area contributed by atoms with Gasteiger partial charge in [0.1, 0.15) is 5.75 Å². The van der Waals surface area contributed by atoms with Crippen molar-refractivity contribution >= 4 is 21.8 Å². The van der Waals surface area contributed by atoms with Crippen molar-refractivity contribution in [2.75, 3.05) is 38.5 Å². The fraction of sp³-hybridized carbons (Fsp3) is 0.548. The number of carbonyl (C=O) groups is 2. The Labute approximate surface area is 240 Å². The molecule has 2 amide bonds. The molecule has 1 heterocycles. The van der Waals surface area contributed by atoms with E-state index in [4.69, 9.17) is 4.74 Å². The van der Waals surface area contributed by atoms with Crippen molar-refractivity contribution in [2.24, 2.45) is 5.92 Å². The molecule has 1 aliphatic rings. The first kappa shape index (κ1) is 31.6. The summed E-state index contributed by atoms with van der Waals surface area (Å²) in [5, 5.41) is 0. The number of benzene rings is 2. The Hall–Kier alpha value is -2.91. The number of aryl methyl sites for hydroxylation is 1. The highest BCUT2D eigenvalue weighted by Gasteiger charge is 2.33. The summed E-state index contributed by atoms with van der Waals surface area (Å²) in [5.41, 5.74) is 2.12. The van der Waals surface area contributed by atoms with Gasteiger partial charge in [-0.3, -0.25) is 9.59 Å². The second-order valence-corrected chi connectivity index (χ2v) is 13.1. The molecule has 8 nitrogen and oxygen atoms in total. The largest absolute Gasteiger partial charge is 0.484 e. The summed E-state index contributed by atoms with van der Waals surface area (Å²) in [7, 11) is -3.54. The van der Waals surface area contributed by atoms with Crippen LogP contribution < -0.4 is 4.74 Å². The average molecular weight is 572 g/mol. The highest BCUT2D eigenvalue weighted by molar-refractivity contribution is 7.89. The molecule has 1 aliphatic heterocycles. The van der Waals surface area contributed by atoms with Crippen LogP contribution in [0.5, 0.6) is 5.75 Å². The quantitative estimate of drug-likeness (QED) is 0.334. The zero-order valence-corrected chi connectivity index (χ0v) is 25.2. The number of hydrogen-bond acceptors (Lipinski definition) is 5. The van der Waals surface area contributed by atoms with E-state index in [1.165, 1.54) is 4.31 Å². The average Bonchev–Trinajstić information content (AvgIpc) is 2.94. The number of nitrogens with zero attached hydrogens (tertiary/aromatic N) is 3. The molecule has 0 saturated carbocycles. The fourth-order valence-electron chi connectivity index (χ4n) is 4.92. The minimum atomic E-state index is -3.54. The van der Waals surface area contributed by atoms with Gasteiger partial charge in [0.15, 0.2) is 6.61 Å². The molecule has 0 atom stereocenters. The number of para-hydroxylation sites is 1. The van der Waals surface area contributed by atoms with E-state index in [-0.39, 0.29) is 36.8 Å². The van der Waals surface area contributed by atoms with Crippen LogP contribution in [0.1, 0.15) is 57.6 Å². The van der Waals surface area contributed by atoms with Gasteiger partial charge in [0.25, 0.3) is 5.91 Å². The van der Waals surface area contributed by atoms with Crippen LogP contribution in [0.25, 0.3) is 0 Å². The molecular weight excluding hydrogens is 526 g/mol. The van der Waals surface area contributed by atoms with Crippen molar-refractivity contribution in [3.63, 3.8) is 0 Å². The van der Waals surface area contributed by atoms with Crippen LogP contribution in [0.15, 0.2) is 54.6 Å². The van der Waals surface area contributed by atoms with Crippen LogP contribution in [-0.4, -0.2) is 78.9 Å². The lowest BCUT2D eigenvalue weighted by Crippen LogP contribution is -2.52. The molecule has 2 aromatic carbocycles. The van der Waals surface area contributed by atoms with Crippen LogP contribution >= 0.6 is 0 Å². The summed E-state index contributed by atoms with van der Waals surface area (Å²) < 4.78 is 33.2. The van der Waals surface area contributed by atoms with E-state index in [0.717, 1.165) is 11.1 Å². The molecule has 1 saturated heterocycles. The molecule has 0 N–H and O–H groups in total. The van der Waals surface area contributed by atoms with E-state index in [2.05, 4.69) is 13.8 Å². The Morgan fingerprint density at radius 2 is 1.68 bits per heavy atom. The van der Waals surface area contributed by atoms with Crippen LogP contribution in [0.2, 0.25) is 0 Å². The monoisotopic (exact) mass is 571 g/mol. The van der Waals surface area contributed by atoms with Crippen molar-refractivity contribution in [2.45, 2.75) is 66.0 Å². The minimum Gasteiger partial charge on any atom is -0.484 e. The Balaban J connectivity index is 1.72. The van der Waals surface area contributed by atoms with Crippen molar-refractivity contribution < 1.29 is 22.7 Å². The molecular formula is C31H45N3O5S. The van der Waals surface area contributed by atoms with Gasteiger partial charge in [-0.05, 0) is 61.8 Å². The third-order valence-corrected chi connectivity index (χ3v) is 9.43. The highest BCUT2D eigenvalue weighted by atomic mass is 32.2. The molecule has 0 spiro atoms. The van der Waals surface area contributed by atoms with Gasteiger partial charge in [-0.15, -0.1) is 0 Å². The first-order valence-electron chi connectivity index (χ1n) is 14.4. The summed E-state index contributed by atoms with van der Waals surface area (Å²) in [6, 6.07) is 17.1. The summed E-state index contributed by atoms with van der Waals surface area (Å²) >= 11 is 0. The summed E-state index contributed by atoms with van der Waals surface area (Å²) in [6.45, 7) is 9.55. The number of rotatable bonds is 14. The van der Waals surface area contributed by atoms with Crippen molar-refractivity contribution in [1.29, 1.82) is 0 Å². The van der Waals surface area contributed by atoms with Crippen LogP contribution in [0.3, 0.4) is 0 Å². The van der Waals surface area contributed by atoms with E-state index in [9.17, 15) is 18.0 Å². The Morgan fingerprint density at radius 3 is 2.30 bits per heavy atom.